The van der Waals surface area contributed by atoms with Crippen LogP contribution in [0.1, 0.15) is 29.9 Å². The normalized spacial score (nSPS) is 28.2. The van der Waals surface area contributed by atoms with Crippen molar-refractivity contribution in [3.8, 4) is 11.1 Å². The highest BCUT2D eigenvalue weighted by atomic mass is 16.5. The van der Waals surface area contributed by atoms with Crippen LogP contribution in [0.2, 0.25) is 0 Å². The summed E-state index contributed by atoms with van der Waals surface area (Å²) >= 11 is 0. The monoisotopic (exact) mass is 476 g/mol. The van der Waals surface area contributed by atoms with Gasteiger partial charge in [0.2, 0.25) is 5.91 Å². The van der Waals surface area contributed by atoms with E-state index in [1.807, 2.05) is 24.3 Å². The molecule has 7 rings (SSSR count). The Balaban J connectivity index is 0.989. The first-order valence-corrected chi connectivity index (χ1v) is 12.2. The maximum Gasteiger partial charge on any atom is 0.407 e. The fourth-order valence-electron chi connectivity index (χ4n) is 6.34. The lowest BCUT2D eigenvalue weighted by Gasteiger charge is -2.33. The number of hydrogen-bond acceptors (Lipinski definition) is 5. The largest absolute Gasteiger partial charge is 0.481 e. The van der Waals surface area contributed by atoms with Crippen LogP contribution < -0.4 is 5.32 Å². The van der Waals surface area contributed by atoms with E-state index in [1.54, 1.807) is 4.90 Å². The van der Waals surface area contributed by atoms with Crippen molar-refractivity contribution in [3.05, 3.63) is 59.7 Å². The fraction of sp³-hybridized carbons (Fsp3) is 0.444. The third-order valence-corrected chi connectivity index (χ3v) is 8.11. The van der Waals surface area contributed by atoms with Gasteiger partial charge in [0.15, 0.2) is 0 Å². The number of aliphatic carboxylic acids is 1. The molecule has 5 unspecified atom stereocenters. The third kappa shape index (κ3) is 3.76. The first-order chi connectivity index (χ1) is 17.0. The van der Waals surface area contributed by atoms with Crippen molar-refractivity contribution in [2.45, 2.75) is 30.9 Å². The molecule has 5 atom stereocenters. The van der Waals surface area contributed by atoms with E-state index in [-0.39, 0.29) is 49.0 Å². The summed E-state index contributed by atoms with van der Waals surface area (Å²) in [6.45, 7) is 1.33. The van der Waals surface area contributed by atoms with Crippen molar-refractivity contribution in [2.75, 3.05) is 26.3 Å². The molecule has 3 heterocycles. The first kappa shape index (κ1) is 22.1. The zero-order valence-electron chi connectivity index (χ0n) is 19.3. The second kappa shape index (κ2) is 8.68. The molecule has 4 fully saturated rings. The van der Waals surface area contributed by atoms with Crippen LogP contribution in [0.15, 0.2) is 48.5 Å². The highest BCUT2D eigenvalue weighted by Crippen LogP contribution is 2.47. The average molecular weight is 477 g/mol. The number of amides is 2. The van der Waals surface area contributed by atoms with Crippen LogP contribution in [0.25, 0.3) is 11.1 Å². The molecular weight excluding hydrogens is 448 g/mol. The molecule has 2 bridgehead atoms. The number of carbonyl (C=O) groups excluding carboxylic acids is 2. The fourth-order valence-corrected chi connectivity index (χ4v) is 6.34. The number of carboxylic acid groups (broad SMARTS) is 1. The standard InChI is InChI=1S/C27H28N2O6/c30-25(29-12-15-10-23(29)24(15)26(31)32)16-9-17(34-13-16)11-28-27(33)35-14-22-20-7-3-1-5-18(20)19-6-2-4-8-21(19)22/h1-8,15-17,22-24H,9-14H2,(H,28,33)(H,31,32). The summed E-state index contributed by atoms with van der Waals surface area (Å²) in [5.41, 5.74) is 4.67. The Hall–Kier alpha value is -3.39. The zero-order chi connectivity index (χ0) is 24.1. The molecule has 8 heteroatoms. The van der Waals surface area contributed by atoms with Crippen molar-refractivity contribution in [1.82, 2.24) is 10.2 Å². The second-order valence-corrected chi connectivity index (χ2v) is 10.0. The topological polar surface area (TPSA) is 105 Å². The van der Waals surface area contributed by atoms with Crippen molar-refractivity contribution < 1.29 is 29.0 Å². The molecule has 0 spiro atoms. The number of carboxylic acids is 1. The molecule has 3 saturated heterocycles. The van der Waals surface area contributed by atoms with Gasteiger partial charge in [-0.2, -0.15) is 0 Å². The van der Waals surface area contributed by atoms with Crippen LogP contribution in [0.4, 0.5) is 4.79 Å². The number of rotatable bonds is 6. The Kier molecular flexibility index (Phi) is 5.48. The zero-order valence-corrected chi connectivity index (χ0v) is 19.3. The molecule has 5 aliphatic rings. The molecule has 2 aliphatic carbocycles. The van der Waals surface area contributed by atoms with Crippen molar-refractivity contribution >= 4 is 18.0 Å². The van der Waals surface area contributed by atoms with Crippen LogP contribution in [-0.4, -0.2) is 66.4 Å². The van der Waals surface area contributed by atoms with E-state index in [1.165, 1.54) is 11.1 Å². The van der Waals surface area contributed by atoms with Gasteiger partial charge in [0.05, 0.1) is 24.5 Å². The smallest absolute Gasteiger partial charge is 0.407 e. The van der Waals surface area contributed by atoms with Gasteiger partial charge in [-0.25, -0.2) is 4.79 Å². The average Bonchev–Trinajstić information content (AvgIpc) is 3.62. The third-order valence-electron chi connectivity index (χ3n) is 8.11. The molecule has 1 saturated carbocycles. The molecule has 2 N–H and O–H groups in total. The van der Waals surface area contributed by atoms with Gasteiger partial charge in [0.25, 0.3) is 0 Å². The summed E-state index contributed by atoms with van der Waals surface area (Å²) in [6, 6.07) is 16.2. The minimum absolute atomic E-state index is 0.000720. The minimum atomic E-state index is -0.811. The Labute approximate surface area is 203 Å². The van der Waals surface area contributed by atoms with Crippen LogP contribution in [0.5, 0.6) is 0 Å². The number of nitrogens with zero attached hydrogens (tertiary/aromatic N) is 1. The summed E-state index contributed by atoms with van der Waals surface area (Å²) in [5.74, 6) is -1.47. The molecule has 2 amide bonds. The molecule has 8 nitrogen and oxygen atoms in total. The Morgan fingerprint density at radius 2 is 1.71 bits per heavy atom. The molecule has 3 aliphatic heterocycles. The number of alkyl carbamates (subject to hydrolysis) is 1. The van der Waals surface area contributed by atoms with Gasteiger partial charge in [-0.05, 0) is 41.0 Å². The summed E-state index contributed by atoms with van der Waals surface area (Å²) in [7, 11) is 0. The predicted octanol–water partition coefficient (Wildman–Crippen LogP) is 2.86. The molecule has 2 aromatic rings. The van der Waals surface area contributed by atoms with Gasteiger partial charge >= 0.3 is 12.1 Å². The summed E-state index contributed by atoms with van der Waals surface area (Å²) < 4.78 is 11.3. The minimum Gasteiger partial charge on any atom is -0.481 e. The van der Waals surface area contributed by atoms with E-state index >= 15 is 0 Å². The van der Waals surface area contributed by atoms with E-state index in [9.17, 15) is 19.5 Å². The summed E-state index contributed by atoms with van der Waals surface area (Å²) in [4.78, 5) is 38.5. The van der Waals surface area contributed by atoms with Gasteiger partial charge < -0.3 is 24.8 Å². The van der Waals surface area contributed by atoms with Crippen molar-refractivity contribution in [3.63, 3.8) is 0 Å². The van der Waals surface area contributed by atoms with E-state index < -0.39 is 18.0 Å². The molecule has 2 aromatic carbocycles. The molecule has 182 valence electrons. The lowest BCUT2D eigenvalue weighted by atomic mass is 9.74. The summed E-state index contributed by atoms with van der Waals surface area (Å²) in [6.07, 6.45) is 0.518. The number of fused-ring (bicyclic) bond motifs is 4. The van der Waals surface area contributed by atoms with E-state index in [0.717, 1.165) is 17.5 Å². The van der Waals surface area contributed by atoms with Crippen molar-refractivity contribution in [1.29, 1.82) is 0 Å². The maximum atomic E-state index is 12.9. The number of benzene rings is 2. The van der Waals surface area contributed by atoms with Gasteiger partial charge in [-0.1, -0.05) is 48.5 Å². The summed E-state index contributed by atoms with van der Waals surface area (Å²) in [5, 5.41) is 12.1. The Morgan fingerprint density at radius 1 is 1.03 bits per heavy atom. The predicted molar refractivity (Wildman–Crippen MR) is 126 cm³/mol. The van der Waals surface area contributed by atoms with E-state index in [0.29, 0.717) is 19.6 Å². The van der Waals surface area contributed by atoms with Gasteiger partial charge in [0.1, 0.15) is 6.61 Å². The lowest BCUT2D eigenvalue weighted by Crippen LogP contribution is -2.46. The number of nitrogens with one attached hydrogen (secondary N) is 1. The molecular formula is C27H28N2O6. The number of hydrogen-bond donors (Lipinski definition) is 2. The number of ether oxygens (including phenoxy) is 2. The maximum absolute atomic E-state index is 12.9. The molecule has 35 heavy (non-hydrogen) atoms. The first-order valence-electron chi connectivity index (χ1n) is 12.2. The Bertz CT molecular complexity index is 1140. The van der Waals surface area contributed by atoms with Gasteiger partial charge in [0, 0.05) is 25.0 Å². The molecule has 0 aromatic heterocycles. The number of carbonyl (C=O) groups is 3. The van der Waals surface area contributed by atoms with Crippen LogP contribution in [-0.2, 0) is 19.1 Å². The van der Waals surface area contributed by atoms with Crippen LogP contribution >= 0.6 is 0 Å². The van der Waals surface area contributed by atoms with Crippen LogP contribution in [0.3, 0.4) is 0 Å². The second-order valence-electron chi connectivity index (χ2n) is 10.0. The van der Waals surface area contributed by atoms with Crippen LogP contribution in [0, 0.1) is 17.8 Å². The van der Waals surface area contributed by atoms with Crippen molar-refractivity contribution in [2.24, 2.45) is 17.8 Å². The molecule has 0 radical (unpaired) electrons. The quantitative estimate of drug-likeness (QED) is 0.664. The van der Waals surface area contributed by atoms with E-state index in [4.69, 9.17) is 9.47 Å². The lowest BCUT2D eigenvalue weighted by molar-refractivity contribution is -0.148. The Morgan fingerprint density at radius 3 is 2.37 bits per heavy atom. The van der Waals surface area contributed by atoms with Gasteiger partial charge in [-0.3, -0.25) is 9.59 Å². The van der Waals surface area contributed by atoms with Gasteiger partial charge in [-0.15, -0.1) is 0 Å². The highest BCUT2D eigenvalue weighted by Gasteiger charge is 2.58. The SMILES string of the molecule is O=C(NCC1CC(C(=O)N2CC3CC2C3C(=O)O)CO1)OCC1c2ccccc2-c2ccccc21. The highest BCUT2D eigenvalue weighted by molar-refractivity contribution is 5.83. The van der Waals surface area contributed by atoms with E-state index in [2.05, 4.69) is 29.6 Å².